The summed E-state index contributed by atoms with van der Waals surface area (Å²) in [6.07, 6.45) is 4.74. The third-order valence-electron chi connectivity index (χ3n) is 4.18. The standard InChI is InChI=1S/C15H18BrN3O2/c16-14-13(21-11-5-7-20-8-6-11)4-3-12-15(14)17-18-19(12)9-10-1-2-10/h3-4,10-11H,1-2,5-9H2. The van der Waals surface area contributed by atoms with E-state index >= 15 is 0 Å². The predicted octanol–water partition coefficient (Wildman–Crippen LogP) is 3.16. The molecule has 0 unspecified atom stereocenters. The molecule has 0 radical (unpaired) electrons. The first-order chi connectivity index (χ1) is 10.3. The second kappa shape index (κ2) is 5.57. The van der Waals surface area contributed by atoms with Gasteiger partial charge in [-0.05, 0) is 46.8 Å². The van der Waals surface area contributed by atoms with E-state index < -0.39 is 0 Å². The molecule has 1 aliphatic heterocycles. The van der Waals surface area contributed by atoms with Crippen molar-refractivity contribution in [3.8, 4) is 5.75 Å². The van der Waals surface area contributed by atoms with Crippen molar-refractivity contribution in [1.29, 1.82) is 0 Å². The van der Waals surface area contributed by atoms with Crippen molar-refractivity contribution < 1.29 is 9.47 Å². The molecule has 2 heterocycles. The van der Waals surface area contributed by atoms with E-state index in [9.17, 15) is 0 Å². The van der Waals surface area contributed by atoms with Crippen LogP contribution in [0, 0.1) is 5.92 Å². The number of halogens is 1. The normalized spacial score (nSPS) is 20.0. The fourth-order valence-electron chi connectivity index (χ4n) is 2.73. The van der Waals surface area contributed by atoms with Gasteiger partial charge in [0.1, 0.15) is 17.4 Å². The van der Waals surface area contributed by atoms with Crippen LogP contribution in [0.2, 0.25) is 0 Å². The molecular formula is C15H18BrN3O2. The van der Waals surface area contributed by atoms with Gasteiger partial charge in [0.2, 0.25) is 0 Å². The summed E-state index contributed by atoms with van der Waals surface area (Å²) in [6, 6.07) is 4.09. The molecular weight excluding hydrogens is 334 g/mol. The van der Waals surface area contributed by atoms with Gasteiger partial charge >= 0.3 is 0 Å². The van der Waals surface area contributed by atoms with E-state index in [1.807, 2.05) is 10.7 Å². The molecule has 0 bridgehead atoms. The predicted molar refractivity (Wildman–Crippen MR) is 82.4 cm³/mol. The number of rotatable bonds is 4. The highest BCUT2D eigenvalue weighted by Crippen LogP contribution is 2.35. The summed E-state index contributed by atoms with van der Waals surface area (Å²) < 4.78 is 14.4. The molecule has 2 aromatic rings. The number of ether oxygens (including phenoxy) is 2. The maximum absolute atomic E-state index is 6.09. The Hall–Kier alpha value is -1.14. The van der Waals surface area contributed by atoms with Gasteiger partial charge in [-0.1, -0.05) is 5.21 Å². The zero-order valence-electron chi connectivity index (χ0n) is 11.8. The Morgan fingerprint density at radius 1 is 1.24 bits per heavy atom. The van der Waals surface area contributed by atoms with E-state index in [2.05, 4.69) is 32.3 Å². The van der Waals surface area contributed by atoms with Crippen molar-refractivity contribution in [1.82, 2.24) is 15.0 Å². The molecule has 1 saturated carbocycles. The van der Waals surface area contributed by atoms with Crippen LogP contribution in [0.3, 0.4) is 0 Å². The van der Waals surface area contributed by atoms with Crippen LogP contribution in [0.4, 0.5) is 0 Å². The molecule has 4 rings (SSSR count). The van der Waals surface area contributed by atoms with Crippen LogP contribution in [0.25, 0.3) is 11.0 Å². The third-order valence-corrected chi connectivity index (χ3v) is 4.95. The van der Waals surface area contributed by atoms with Gasteiger partial charge in [0.15, 0.2) is 0 Å². The van der Waals surface area contributed by atoms with Crippen LogP contribution >= 0.6 is 15.9 Å². The summed E-state index contributed by atoms with van der Waals surface area (Å²) >= 11 is 3.63. The second-order valence-corrected chi connectivity index (χ2v) is 6.68. The summed E-state index contributed by atoms with van der Waals surface area (Å²) in [7, 11) is 0. The first kappa shape index (κ1) is 13.5. The molecule has 0 amide bonds. The summed E-state index contributed by atoms with van der Waals surface area (Å²) in [4.78, 5) is 0. The summed E-state index contributed by atoms with van der Waals surface area (Å²) in [5, 5.41) is 8.60. The average molecular weight is 352 g/mol. The fraction of sp³-hybridized carbons (Fsp3) is 0.600. The first-order valence-electron chi connectivity index (χ1n) is 7.57. The average Bonchev–Trinajstić information content (AvgIpc) is 3.23. The van der Waals surface area contributed by atoms with Crippen LogP contribution in [0.5, 0.6) is 5.75 Å². The summed E-state index contributed by atoms with van der Waals surface area (Å²) in [5.74, 6) is 1.64. The molecule has 112 valence electrons. The largest absolute Gasteiger partial charge is 0.489 e. The Labute approximate surface area is 131 Å². The van der Waals surface area contributed by atoms with Gasteiger partial charge in [-0.2, -0.15) is 0 Å². The monoisotopic (exact) mass is 351 g/mol. The fourth-order valence-corrected chi connectivity index (χ4v) is 3.24. The summed E-state index contributed by atoms with van der Waals surface area (Å²) in [5.41, 5.74) is 1.97. The molecule has 5 nitrogen and oxygen atoms in total. The third kappa shape index (κ3) is 2.79. The number of benzene rings is 1. The van der Waals surface area contributed by atoms with Gasteiger partial charge in [-0.3, -0.25) is 0 Å². The van der Waals surface area contributed by atoms with Crippen molar-refractivity contribution >= 4 is 27.0 Å². The molecule has 1 aromatic carbocycles. The number of aromatic nitrogens is 3. The zero-order chi connectivity index (χ0) is 14.2. The van der Waals surface area contributed by atoms with Crippen LogP contribution in [0.15, 0.2) is 16.6 Å². The maximum atomic E-state index is 6.09. The van der Waals surface area contributed by atoms with Crippen molar-refractivity contribution in [3.05, 3.63) is 16.6 Å². The lowest BCUT2D eigenvalue weighted by atomic mass is 10.1. The Bertz CT molecular complexity index is 648. The van der Waals surface area contributed by atoms with E-state index in [1.54, 1.807) is 0 Å². The van der Waals surface area contributed by atoms with Gasteiger partial charge in [0.05, 0.1) is 23.2 Å². The van der Waals surface area contributed by atoms with Gasteiger partial charge in [-0.15, -0.1) is 5.10 Å². The van der Waals surface area contributed by atoms with Crippen molar-refractivity contribution in [2.75, 3.05) is 13.2 Å². The molecule has 2 fully saturated rings. The lowest BCUT2D eigenvalue weighted by molar-refractivity contribution is 0.0253. The van der Waals surface area contributed by atoms with E-state index in [-0.39, 0.29) is 6.10 Å². The van der Waals surface area contributed by atoms with Crippen LogP contribution in [-0.2, 0) is 11.3 Å². The van der Waals surface area contributed by atoms with Crippen LogP contribution < -0.4 is 4.74 Å². The molecule has 2 aliphatic rings. The van der Waals surface area contributed by atoms with Crippen molar-refractivity contribution in [2.24, 2.45) is 5.92 Å². The molecule has 0 atom stereocenters. The number of hydrogen-bond donors (Lipinski definition) is 0. The SMILES string of the molecule is Brc1c(OC2CCOCC2)ccc2c1nnn2CC1CC1. The molecule has 1 aromatic heterocycles. The number of nitrogens with zero attached hydrogens (tertiary/aromatic N) is 3. The number of hydrogen-bond acceptors (Lipinski definition) is 4. The smallest absolute Gasteiger partial charge is 0.136 e. The highest BCUT2D eigenvalue weighted by molar-refractivity contribution is 9.10. The van der Waals surface area contributed by atoms with E-state index in [0.29, 0.717) is 0 Å². The van der Waals surface area contributed by atoms with E-state index in [4.69, 9.17) is 9.47 Å². The quantitative estimate of drug-likeness (QED) is 0.848. The van der Waals surface area contributed by atoms with Gasteiger partial charge < -0.3 is 9.47 Å². The molecule has 0 spiro atoms. The highest BCUT2D eigenvalue weighted by Gasteiger charge is 2.24. The van der Waals surface area contributed by atoms with Crippen LogP contribution in [-0.4, -0.2) is 34.3 Å². The molecule has 0 N–H and O–H groups in total. The molecule has 1 aliphatic carbocycles. The zero-order valence-corrected chi connectivity index (χ0v) is 13.4. The molecule has 21 heavy (non-hydrogen) atoms. The Kier molecular flexibility index (Phi) is 3.59. The topological polar surface area (TPSA) is 49.2 Å². The Morgan fingerprint density at radius 3 is 2.81 bits per heavy atom. The lowest BCUT2D eigenvalue weighted by Gasteiger charge is -2.23. The van der Waals surface area contributed by atoms with E-state index in [1.165, 1.54) is 12.8 Å². The summed E-state index contributed by atoms with van der Waals surface area (Å²) in [6.45, 7) is 2.54. The second-order valence-electron chi connectivity index (χ2n) is 5.89. The van der Waals surface area contributed by atoms with Gasteiger partial charge in [0.25, 0.3) is 0 Å². The van der Waals surface area contributed by atoms with Crippen LogP contribution in [0.1, 0.15) is 25.7 Å². The van der Waals surface area contributed by atoms with Crippen molar-refractivity contribution in [2.45, 2.75) is 38.3 Å². The molecule has 1 saturated heterocycles. The van der Waals surface area contributed by atoms with Gasteiger partial charge in [-0.25, -0.2) is 4.68 Å². The lowest BCUT2D eigenvalue weighted by Crippen LogP contribution is -2.26. The van der Waals surface area contributed by atoms with E-state index in [0.717, 1.165) is 59.8 Å². The maximum Gasteiger partial charge on any atom is 0.136 e. The minimum atomic E-state index is 0.231. The molecule has 6 heteroatoms. The highest BCUT2D eigenvalue weighted by atomic mass is 79.9. The van der Waals surface area contributed by atoms with Crippen molar-refractivity contribution in [3.63, 3.8) is 0 Å². The minimum absolute atomic E-state index is 0.231. The van der Waals surface area contributed by atoms with Gasteiger partial charge in [0, 0.05) is 19.4 Å². The number of fused-ring (bicyclic) bond motifs is 1. The Balaban J connectivity index is 1.59. The minimum Gasteiger partial charge on any atom is -0.489 e. The first-order valence-corrected chi connectivity index (χ1v) is 8.36. The Morgan fingerprint density at radius 2 is 2.05 bits per heavy atom.